The lowest BCUT2D eigenvalue weighted by Gasteiger charge is -2.20. The number of alkyl halides is 3. The molecule has 182 valence electrons. The first-order valence-electron chi connectivity index (χ1n) is 10.9. The molecule has 10 heteroatoms. The fraction of sp³-hybridized carbons (Fsp3) is 0.115. The van der Waals surface area contributed by atoms with E-state index in [9.17, 15) is 22.8 Å². The maximum atomic E-state index is 13.3. The lowest BCUT2D eigenvalue weighted by molar-refractivity contribution is -0.137. The molecule has 2 aromatic carbocycles. The quantitative estimate of drug-likeness (QED) is 0.411. The second kappa shape index (κ2) is 8.88. The molecule has 0 spiro atoms. The second-order valence-electron chi connectivity index (χ2n) is 8.14. The van der Waals surface area contributed by atoms with Crippen molar-refractivity contribution in [3.05, 3.63) is 106 Å². The minimum atomic E-state index is -4.50. The molecule has 1 aliphatic heterocycles. The number of fused-ring (bicyclic) bond motifs is 3. The maximum Gasteiger partial charge on any atom is 0.416 e. The Morgan fingerprint density at radius 2 is 1.89 bits per heavy atom. The van der Waals surface area contributed by atoms with Gasteiger partial charge in [0.1, 0.15) is 11.9 Å². The summed E-state index contributed by atoms with van der Waals surface area (Å²) in [5, 5.41) is 6.16. The minimum Gasteiger partial charge on any atom is -0.460 e. The number of amides is 1. The van der Waals surface area contributed by atoms with Crippen LogP contribution in [0.25, 0.3) is 16.6 Å². The van der Waals surface area contributed by atoms with E-state index in [0.29, 0.717) is 22.2 Å². The third-order valence-corrected chi connectivity index (χ3v) is 5.80. The zero-order valence-corrected chi connectivity index (χ0v) is 18.8. The number of aromatic nitrogens is 2. The van der Waals surface area contributed by atoms with Crippen molar-refractivity contribution in [2.45, 2.75) is 19.1 Å². The van der Waals surface area contributed by atoms with E-state index < -0.39 is 17.3 Å². The van der Waals surface area contributed by atoms with Crippen LogP contribution in [0.2, 0.25) is 0 Å². The molecule has 0 bridgehead atoms. The number of pyridine rings is 2. The molecule has 0 saturated heterocycles. The van der Waals surface area contributed by atoms with Gasteiger partial charge in [-0.25, -0.2) is 0 Å². The van der Waals surface area contributed by atoms with Crippen LogP contribution < -0.4 is 20.9 Å². The van der Waals surface area contributed by atoms with Gasteiger partial charge in [-0.3, -0.25) is 19.1 Å². The van der Waals surface area contributed by atoms with Gasteiger partial charge in [0.05, 0.1) is 22.8 Å². The summed E-state index contributed by atoms with van der Waals surface area (Å²) in [4.78, 5) is 30.6. The first kappa shape index (κ1) is 23.2. The largest absolute Gasteiger partial charge is 0.460 e. The Morgan fingerprint density at radius 1 is 1.11 bits per heavy atom. The van der Waals surface area contributed by atoms with Crippen molar-refractivity contribution in [1.29, 1.82) is 0 Å². The fourth-order valence-corrected chi connectivity index (χ4v) is 4.02. The third kappa shape index (κ3) is 4.17. The van der Waals surface area contributed by atoms with Crippen LogP contribution in [0.3, 0.4) is 0 Å². The highest BCUT2D eigenvalue weighted by atomic mass is 19.4. The van der Waals surface area contributed by atoms with Crippen molar-refractivity contribution < 1.29 is 22.7 Å². The molecular weight excluding hydrogens is 473 g/mol. The van der Waals surface area contributed by atoms with E-state index in [1.165, 1.54) is 29.2 Å². The zero-order valence-electron chi connectivity index (χ0n) is 18.8. The van der Waals surface area contributed by atoms with Crippen LogP contribution in [0, 0.1) is 0 Å². The fourth-order valence-electron chi connectivity index (χ4n) is 4.02. The summed E-state index contributed by atoms with van der Waals surface area (Å²) in [7, 11) is 0. The number of nitrogens with one attached hydrogen (secondary N) is 2. The Balaban J connectivity index is 1.60. The van der Waals surface area contributed by atoms with Gasteiger partial charge >= 0.3 is 6.18 Å². The van der Waals surface area contributed by atoms with Gasteiger partial charge < -0.3 is 15.4 Å². The van der Waals surface area contributed by atoms with E-state index in [2.05, 4.69) is 15.6 Å². The molecule has 1 aliphatic rings. The van der Waals surface area contributed by atoms with Crippen LogP contribution in [-0.4, -0.2) is 15.5 Å². The second-order valence-corrected chi connectivity index (χ2v) is 8.14. The average molecular weight is 492 g/mol. The average Bonchev–Trinajstić information content (AvgIpc) is 2.89. The van der Waals surface area contributed by atoms with Crippen LogP contribution >= 0.6 is 0 Å². The molecule has 0 saturated carbocycles. The third-order valence-electron chi connectivity index (χ3n) is 5.80. The Morgan fingerprint density at radius 3 is 2.58 bits per heavy atom. The highest BCUT2D eigenvalue weighted by Gasteiger charge is 2.30. The number of anilines is 1. The molecule has 1 atom stereocenters. The van der Waals surface area contributed by atoms with E-state index in [1.54, 1.807) is 36.5 Å². The number of carbonyl (C=O) groups excluding carboxylic acids is 1. The standard InChI is InChI=1S/C26H19F3N4O3/c1-15(20-4-2-3-11-30-20)32-24(34)16-5-10-21-19(14-16)23-22(31-12-13-36-23)25(35)33(21)18-8-6-17(7-9-18)26(27,28)29/h2-15,31H,1H3,(H,32,34)/t15-/m0/s1. The summed E-state index contributed by atoms with van der Waals surface area (Å²) in [6.45, 7) is 1.81. The van der Waals surface area contributed by atoms with Crippen molar-refractivity contribution in [2.75, 3.05) is 5.32 Å². The number of hydrogen-bond acceptors (Lipinski definition) is 5. The van der Waals surface area contributed by atoms with Gasteiger partial charge in [0.25, 0.3) is 11.5 Å². The van der Waals surface area contributed by atoms with Crippen LogP contribution in [-0.2, 0) is 6.18 Å². The number of ether oxygens (including phenoxy) is 1. The molecule has 1 amide bonds. The first-order chi connectivity index (χ1) is 17.2. The predicted octanol–water partition coefficient (Wildman–Crippen LogP) is 5.17. The smallest absolute Gasteiger partial charge is 0.416 e. The molecule has 3 heterocycles. The molecule has 4 aromatic rings. The molecule has 2 aromatic heterocycles. The van der Waals surface area contributed by atoms with Crippen molar-refractivity contribution in [3.8, 4) is 11.4 Å². The SMILES string of the molecule is C[C@H](NC(=O)c1ccc2c(c1)c1c(c(=O)n2-c2ccc(C(F)(F)F)cc2)NC=CO1)c1ccccn1. The summed E-state index contributed by atoms with van der Waals surface area (Å²) in [5.41, 5.74) is 0.364. The Bertz CT molecular complexity index is 1550. The van der Waals surface area contributed by atoms with Gasteiger partial charge in [0.15, 0.2) is 5.75 Å². The van der Waals surface area contributed by atoms with Gasteiger partial charge in [-0.15, -0.1) is 0 Å². The normalized spacial score (nSPS) is 13.4. The lowest BCUT2D eigenvalue weighted by atomic mass is 10.1. The van der Waals surface area contributed by atoms with E-state index in [4.69, 9.17) is 4.74 Å². The number of rotatable bonds is 4. The summed E-state index contributed by atoms with van der Waals surface area (Å²) < 4.78 is 46.1. The monoisotopic (exact) mass is 492 g/mol. The highest BCUT2D eigenvalue weighted by Crippen LogP contribution is 2.36. The minimum absolute atomic E-state index is 0.101. The summed E-state index contributed by atoms with van der Waals surface area (Å²) in [6.07, 6.45) is -0.0771. The van der Waals surface area contributed by atoms with Crippen LogP contribution in [0.4, 0.5) is 18.9 Å². The van der Waals surface area contributed by atoms with E-state index in [1.807, 2.05) is 13.0 Å². The molecule has 36 heavy (non-hydrogen) atoms. The van der Waals surface area contributed by atoms with Crippen molar-refractivity contribution in [3.63, 3.8) is 0 Å². The molecule has 0 radical (unpaired) electrons. The van der Waals surface area contributed by atoms with Crippen LogP contribution in [0.5, 0.6) is 5.75 Å². The molecular formula is C26H19F3N4O3. The Kier molecular flexibility index (Phi) is 5.71. The lowest BCUT2D eigenvalue weighted by Crippen LogP contribution is -2.27. The Labute approximate surface area is 202 Å². The molecule has 7 nitrogen and oxygen atoms in total. The van der Waals surface area contributed by atoms with E-state index in [-0.39, 0.29) is 29.1 Å². The predicted molar refractivity (Wildman–Crippen MR) is 128 cm³/mol. The van der Waals surface area contributed by atoms with Gasteiger partial charge in [0.2, 0.25) is 0 Å². The Hall–Kier alpha value is -4.60. The molecule has 0 aliphatic carbocycles. The van der Waals surface area contributed by atoms with Gasteiger partial charge in [-0.1, -0.05) is 6.07 Å². The number of carbonyl (C=O) groups is 1. The summed E-state index contributed by atoms with van der Waals surface area (Å²) >= 11 is 0. The number of nitrogens with zero attached hydrogens (tertiary/aromatic N) is 2. The maximum absolute atomic E-state index is 13.3. The van der Waals surface area contributed by atoms with Crippen LogP contribution in [0.1, 0.15) is 34.6 Å². The van der Waals surface area contributed by atoms with Gasteiger partial charge in [-0.05, 0) is 61.5 Å². The number of hydrogen-bond donors (Lipinski definition) is 2. The van der Waals surface area contributed by atoms with E-state index in [0.717, 1.165) is 12.1 Å². The molecule has 5 rings (SSSR count). The summed E-state index contributed by atoms with van der Waals surface area (Å²) in [6, 6.07) is 14.0. The number of halogens is 3. The molecule has 2 N–H and O–H groups in total. The highest BCUT2D eigenvalue weighted by molar-refractivity contribution is 6.01. The molecule has 0 fully saturated rings. The number of benzene rings is 2. The molecule has 0 unspecified atom stereocenters. The topological polar surface area (TPSA) is 85.2 Å². The van der Waals surface area contributed by atoms with Crippen molar-refractivity contribution in [2.24, 2.45) is 0 Å². The van der Waals surface area contributed by atoms with E-state index >= 15 is 0 Å². The van der Waals surface area contributed by atoms with Gasteiger partial charge in [0, 0.05) is 29.0 Å². The van der Waals surface area contributed by atoms with Crippen molar-refractivity contribution >= 4 is 22.5 Å². The van der Waals surface area contributed by atoms with Crippen molar-refractivity contribution in [1.82, 2.24) is 14.9 Å². The van der Waals surface area contributed by atoms with Crippen LogP contribution in [0.15, 0.2) is 84.1 Å². The van der Waals surface area contributed by atoms with Gasteiger partial charge in [-0.2, -0.15) is 13.2 Å². The zero-order chi connectivity index (χ0) is 25.4. The summed E-state index contributed by atoms with van der Waals surface area (Å²) in [5.74, 6) is -0.150. The first-order valence-corrected chi connectivity index (χ1v) is 10.9.